The van der Waals surface area contributed by atoms with E-state index < -0.39 is 21.5 Å². The van der Waals surface area contributed by atoms with Crippen molar-refractivity contribution in [3.05, 3.63) is 42.6 Å². The van der Waals surface area contributed by atoms with E-state index in [4.69, 9.17) is 4.98 Å². The minimum absolute atomic E-state index is 0.0359. The third kappa shape index (κ3) is 3.12. The number of fused-ring (bicyclic) bond motifs is 2. The predicted molar refractivity (Wildman–Crippen MR) is 107 cm³/mol. The summed E-state index contributed by atoms with van der Waals surface area (Å²) >= 11 is 0. The Kier molecular flexibility index (Phi) is 4.12. The number of halogens is 1. The first-order chi connectivity index (χ1) is 14.2. The van der Waals surface area contributed by atoms with Crippen LogP contribution in [0.15, 0.2) is 42.6 Å². The number of hydrogen-bond donors (Lipinski definition) is 1. The maximum Gasteiger partial charge on any atom is 0.268 e. The zero-order chi connectivity index (χ0) is 21.1. The molecule has 0 aromatic carbocycles. The van der Waals surface area contributed by atoms with Crippen molar-refractivity contribution in [2.75, 3.05) is 23.9 Å². The number of aryl methyl sites for hydroxylation is 1. The fraction of sp³-hybridized carbons (Fsp3) is 0.389. The van der Waals surface area contributed by atoms with E-state index in [-0.39, 0.29) is 12.1 Å². The second-order valence-electron chi connectivity index (χ2n) is 7.60. The molecule has 5 heterocycles. The SMILES string of the molecule is Cn1cc(-c2cn3nccc3c(N3CC=C4N3CCCC4(F)CS(=O)(=O)O)n2)cn1. The Balaban J connectivity index is 1.56. The summed E-state index contributed by atoms with van der Waals surface area (Å²) in [6.45, 7) is 0.846. The number of hydrazine groups is 1. The van der Waals surface area contributed by atoms with Crippen molar-refractivity contribution in [3.8, 4) is 11.3 Å². The summed E-state index contributed by atoms with van der Waals surface area (Å²) in [5.74, 6) is -0.377. The molecule has 1 fully saturated rings. The molecule has 0 amide bonds. The van der Waals surface area contributed by atoms with E-state index >= 15 is 4.39 Å². The normalized spacial score (nSPS) is 21.9. The molecule has 0 spiro atoms. The molecule has 3 aromatic heterocycles. The molecule has 1 N–H and O–H groups in total. The lowest BCUT2D eigenvalue weighted by Gasteiger charge is -2.42. The lowest BCUT2D eigenvalue weighted by Crippen LogP contribution is -2.50. The van der Waals surface area contributed by atoms with Gasteiger partial charge in [0.1, 0.15) is 11.3 Å². The molecule has 0 bridgehead atoms. The van der Waals surface area contributed by atoms with Crippen molar-refractivity contribution in [2.45, 2.75) is 18.5 Å². The van der Waals surface area contributed by atoms with Gasteiger partial charge in [-0.2, -0.15) is 18.6 Å². The predicted octanol–water partition coefficient (Wildman–Crippen LogP) is 1.44. The molecule has 2 aliphatic heterocycles. The van der Waals surface area contributed by atoms with Crippen LogP contribution in [0.3, 0.4) is 0 Å². The van der Waals surface area contributed by atoms with E-state index in [1.807, 2.05) is 24.3 Å². The quantitative estimate of drug-likeness (QED) is 0.616. The van der Waals surface area contributed by atoms with Gasteiger partial charge in [-0.05, 0) is 25.0 Å². The molecular weight excluding hydrogens is 413 g/mol. The smallest absolute Gasteiger partial charge is 0.268 e. The van der Waals surface area contributed by atoms with E-state index in [0.29, 0.717) is 31.0 Å². The molecule has 2 aliphatic rings. The first-order valence-corrected chi connectivity index (χ1v) is 11.1. The minimum atomic E-state index is -4.47. The molecular formula is C18H20FN7O3S. The largest absolute Gasteiger partial charge is 0.285 e. The number of anilines is 1. The Bertz CT molecular complexity index is 1270. The number of rotatable bonds is 4. The summed E-state index contributed by atoms with van der Waals surface area (Å²) in [5.41, 5.74) is 0.315. The highest BCUT2D eigenvalue weighted by Gasteiger charge is 2.47. The molecule has 3 aromatic rings. The van der Waals surface area contributed by atoms with Crippen molar-refractivity contribution in [2.24, 2.45) is 7.05 Å². The summed E-state index contributed by atoms with van der Waals surface area (Å²) in [5, 5.41) is 12.1. The van der Waals surface area contributed by atoms with Crippen molar-refractivity contribution in [3.63, 3.8) is 0 Å². The first-order valence-electron chi connectivity index (χ1n) is 9.47. The highest BCUT2D eigenvalue weighted by Crippen LogP contribution is 2.41. The molecule has 0 saturated carbocycles. The highest BCUT2D eigenvalue weighted by atomic mass is 32.2. The van der Waals surface area contributed by atoms with Crippen LogP contribution in [-0.4, -0.2) is 66.9 Å². The lowest BCUT2D eigenvalue weighted by atomic mass is 9.93. The van der Waals surface area contributed by atoms with Crippen LogP contribution in [0.1, 0.15) is 12.8 Å². The molecule has 158 valence electrons. The summed E-state index contributed by atoms with van der Waals surface area (Å²) in [7, 11) is -2.65. The van der Waals surface area contributed by atoms with Gasteiger partial charge in [0, 0.05) is 25.4 Å². The summed E-state index contributed by atoms with van der Waals surface area (Å²) in [6, 6.07) is 1.82. The molecule has 10 nitrogen and oxygen atoms in total. The van der Waals surface area contributed by atoms with Gasteiger partial charge in [-0.3, -0.25) is 19.3 Å². The van der Waals surface area contributed by atoms with E-state index in [0.717, 1.165) is 11.1 Å². The van der Waals surface area contributed by atoms with Gasteiger partial charge in [0.05, 0.1) is 36.5 Å². The standard InChI is InChI=1S/C18H20FN7O3S/c1-23-10-13(9-21-23)14-11-24-15(3-6-20-24)17(22-14)26-8-4-16-18(19,12-30(27,28)29)5-2-7-25(16)26/h3-4,6,9-11H,2,5,7-8,12H2,1H3,(H,27,28,29). The Hall–Kier alpha value is -2.99. The van der Waals surface area contributed by atoms with Crippen molar-refractivity contribution < 1.29 is 17.4 Å². The molecule has 1 atom stereocenters. The van der Waals surface area contributed by atoms with E-state index in [9.17, 15) is 13.0 Å². The summed E-state index contributed by atoms with van der Waals surface area (Å²) in [6.07, 6.45) is 9.14. The first kappa shape index (κ1) is 19.0. The number of allylic oxidation sites excluding steroid dienone is 1. The number of aromatic nitrogens is 5. The van der Waals surface area contributed by atoms with Crippen LogP contribution in [0.5, 0.6) is 0 Å². The number of alkyl halides is 1. The van der Waals surface area contributed by atoms with Crippen LogP contribution in [0.4, 0.5) is 10.2 Å². The van der Waals surface area contributed by atoms with Gasteiger partial charge in [-0.1, -0.05) is 0 Å². The average molecular weight is 433 g/mol. The minimum Gasteiger partial charge on any atom is -0.285 e. The fourth-order valence-corrected chi connectivity index (χ4v) is 5.10. The zero-order valence-corrected chi connectivity index (χ0v) is 17.0. The Morgan fingerprint density at radius 3 is 2.83 bits per heavy atom. The molecule has 1 unspecified atom stereocenters. The van der Waals surface area contributed by atoms with E-state index in [2.05, 4.69) is 10.2 Å². The van der Waals surface area contributed by atoms with Gasteiger partial charge in [0.15, 0.2) is 11.5 Å². The number of nitrogens with zero attached hydrogens (tertiary/aromatic N) is 7. The summed E-state index contributed by atoms with van der Waals surface area (Å²) in [4.78, 5) is 4.80. The van der Waals surface area contributed by atoms with Gasteiger partial charge in [-0.25, -0.2) is 13.9 Å². The van der Waals surface area contributed by atoms with Gasteiger partial charge in [-0.15, -0.1) is 0 Å². The molecule has 5 rings (SSSR count). The van der Waals surface area contributed by atoms with Crippen LogP contribution in [0.25, 0.3) is 16.8 Å². The van der Waals surface area contributed by atoms with Gasteiger partial charge in [0.2, 0.25) is 0 Å². The third-order valence-electron chi connectivity index (χ3n) is 5.46. The molecule has 1 saturated heterocycles. The average Bonchev–Trinajstić information content (AvgIpc) is 3.38. The van der Waals surface area contributed by atoms with Gasteiger partial charge in [0.25, 0.3) is 10.1 Å². The summed E-state index contributed by atoms with van der Waals surface area (Å²) < 4.78 is 51.1. The number of hydrogen-bond acceptors (Lipinski definition) is 7. The lowest BCUT2D eigenvalue weighted by molar-refractivity contribution is 0.121. The second kappa shape index (κ2) is 6.51. The topological polar surface area (TPSA) is 109 Å². The maximum atomic E-state index is 15.6. The van der Waals surface area contributed by atoms with Crippen LogP contribution in [-0.2, 0) is 17.2 Å². The van der Waals surface area contributed by atoms with E-state index in [1.54, 1.807) is 38.9 Å². The zero-order valence-electron chi connectivity index (χ0n) is 16.2. The molecule has 0 aliphatic carbocycles. The van der Waals surface area contributed by atoms with E-state index in [1.165, 1.54) is 0 Å². The van der Waals surface area contributed by atoms with Gasteiger partial charge >= 0.3 is 0 Å². The van der Waals surface area contributed by atoms with Crippen molar-refractivity contribution >= 4 is 21.5 Å². The third-order valence-corrected chi connectivity index (χ3v) is 6.28. The van der Waals surface area contributed by atoms with Crippen molar-refractivity contribution in [1.29, 1.82) is 0 Å². The molecule has 0 radical (unpaired) electrons. The van der Waals surface area contributed by atoms with Crippen LogP contribution in [0.2, 0.25) is 0 Å². The Labute approximate surface area is 171 Å². The molecule has 12 heteroatoms. The maximum absolute atomic E-state index is 15.6. The Morgan fingerprint density at radius 1 is 1.27 bits per heavy atom. The van der Waals surface area contributed by atoms with Gasteiger partial charge < -0.3 is 0 Å². The van der Waals surface area contributed by atoms with Crippen LogP contribution < -0.4 is 5.01 Å². The van der Waals surface area contributed by atoms with Crippen LogP contribution in [0, 0.1) is 0 Å². The van der Waals surface area contributed by atoms with Crippen LogP contribution >= 0.6 is 0 Å². The second-order valence-corrected chi connectivity index (χ2v) is 9.06. The number of piperidine rings is 1. The van der Waals surface area contributed by atoms with Crippen molar-refractivity contribution in [1.82, 2.24) is 29.4 Å². The molecule has 30 heavy (non-hydrogen) atoms. The highest BCUT2D eigenvalue weighted by molar-refractivity contribution is 7.85. The monoisotopic (exact) mass is 433 g/mol. The Morgan fingerprint density at radius 2 is 2.10 bits per heavy atom. The fourth-order valence-electron chi connectivity index (χ4n) is 4.23.